The maximum atomic E-state index is 11.9. The van der Waals surface area contributed by atoms with Crippen LogP contribution in [0.4, 0.5) is 0 Å². The lowest BCUT2D eigenvalue weighted by molar-refractivity contribution is 0.342. The van der Waals surface area contributed by atoms with Crippen molar-refractivity contribution in [3.63, 3.8) is 0 Å². The van der Waals surface area contributed by atoms with Crippen LogP contribution in [0.3, 0.4) is 0 Å². The molecule has 0 aliphatic heterocycles. The summed E-state index contributed by atoms with van der Waals surface area (Å²) < 4.78 is 26.2. The monoisotopic (exact) mass is 280 g/mol. The Labute approximate surface area is 115 Å². The predicted octanol–water partition coefficient (Wildman–Crippen LogP) is 1.31. The maximum absolute atomic E-state index is 11.9. The van der Waals surface area contributed by atoms with Gasteiger partial charge in [0.25, 0.3) is 0 Å². The van der Waals surface area contributed by atoms with E-state index in [1.165, 1.54) is 0 Å². The Hall–Kier alpha value is -1.35. The van der Waals surface area contributed by atoms with Crippen molar-refractivity contribution in [2.45, 2.75) is 18.7 Å². The fourth-order valence-electron chi connectivity index (χ4n) is 1.49. The third kappa shape index (κ3) is 5.43. The molecule has 0 aliphatic rings. The lowest BCUT2D eigenvalue weighted by Crippen LogP contribution is -2.25. The molecule has 104 valence electrons. The third-order valence-corrected chi connectivity index (χ3v) is 4.14. The molecule has 4 nitrogen and oxygen atoms in total. The summed E-state index contributed by atoms with van der Waals surface area (Å²) in [5.41, 5.74) is 0. The fourth-order valence-corrected chi connectivity index (χ4v) is 2.44. The van der Waals surface area contributed by atoms with E-state index < -0.39 is 10.0 Å². The minimum atomic E-state index is -3.44. The lowest BCUT2D eigenvalue weighted by atomic mass is 10.4. The van der Waals surface area contributed by atoms with Crippen molar-refractivity contribution in [3.05, 3.63) is 30.3 Å². The van der Waals surface area contributed by atoms with Gasteiger partial charge < -0.3 is 0 Å². The van der Waals surface area contributed by atoms with Crippen LogP contribution in [0.15, 0.2) is 35.2 Å². The first-order valence-corrected chi connectivity index (χ1v) is 7.81. The van der Waals surface area contributed by atoms with E-state index in [4.69, 9.17) is 0 Å². The predicted molar refractivity (Wildman–Crippen MR) is 77.2 cm³/mol. The second-order valence-corrected chi connectivity index (χ2v) is 5.72. The average molecular weight is 280 g/mol. The molecule has 1 N–H and O–H groups in total. The van der Waals surface area contributed by atoms with Crippen LogP contribution < -0.4 is 4.72 Å². The number of rotatable bonds is 6. The third-order valence-electron chi connectivity index (χ3n) is 2.73. The summed E-state index contributed by atoms with van der Waals surface area (Å²) in [5.74, 6) is 5.79. The molecule has 19 heavy (non-hydrogen) atoms. The highest BCUT2D eigenvalue weighted by Gasteiger charge is 2.10. The quantitative estimate of drug-likeness (QED) is 0.799. The molecular weight excluding hydrogens is 260 g/mol. The van der Waals surface area contributed by atoms with Crippen molar-refractivity contribution in [2.24, 2.45) is 0 Å². The van der Waals surface area contributed by atoms with Crippen molar-refractivity contribution in [2.75, 3.05) is 26.2 Å². The van der Waals surface area contributed by atoms with Gasteiger partial charge in [0, 0.05) is 0 Å². The molecule has 1 rings (SSSR count). The van der Waals surface area contributed by atoms with E-state index in [2.05, 4.69) is 35.3 Å². The number of nitrogens with zero attached hydrogens (tertiary/aromatic N) is 1. The van der Waals surface area contributed by atoms with E-state index in [0.717, 1.165) is 13.1 Å². The molecule has 0 spiro atoms. The number of hydrogen-bond donors (Lipinski definition) is 1. The molecule has 5 heteroatoms. The summed E-state index contributed by atoms with van der Waals surface area (Å²) >= 11 is 0. The standard InChI is InChI=1S/C14H20N2O2S/c1-3-16(4-2)13-9-8-12-15-19(17,18)14-10-6-5-7-11-14/h5-7,10-11,15H,3-4,12-13H2,1-2H3. The zero-order valence-electron chi connectivity index (χ0n) is 11.4. The van der Waals surface area contributed by atoms with Crippen molar-refractivity contribution in [3.8, 4) is 11.8 Å². The minimum absolute atomic E-state index is 0.137. The van der Waals surface area contributed by atoms with E-state index in [9.17, 15) is 8.42 Å². The Kier molecular flexibility index (Phi) is 6.57. The van der Waals surface area contributed by atoms with E-state index in [1.54, 1.807) is 30.3 Å². The van der Waals surface area contributed by atoms with Gasteiger partial charge >= 0.3 is 0 Å². The van der Waals surface area contributed by atoms with Crippen molar-refractivity contribution >= 4 is 10.0 Å². The first-order chi connectivity index (χ1) is 9.10. The molecule has 0 saturated carbocycles. The summed E-state index contributed by atoms with van der Waals surface area (Å²) in [6, 6.07) is 8.29. The summed E-state index contributed by atoms with van der Waals surface area (Å²) in [4.78, 5) is 2.43. The molecule has 0 aromatic heterocycles. The molecule has 0 aliphatic carbocycles. The number of benzene rings is 1. The largest absolute Gasteiger partial charge is 0.293 e. The molecule has 0 saturated heterocycles. The lowest BCUT2D eigenvalue weighted by Gasteiger charge is -2.13. The van der Waals surface area contributed by atoms with Crippen LogP contribution in [0.5, 0.6) is 0 Å². The molecule has 0 radical (unpaired) electrons. The average Bonchev–Trinajstić information content (AvgIpc) is 2.44. The van der Waals surface area contributed by atoms with Gasteiger partial charge in [-0.15, -0.1) is 0 Å². The molecular formula is C14H20N2O2S. The number of hydrogen-bond acceptors (Lipinski definition) is 3. The van der Waals surface area contributed by atoms with E-state index in [0.29, 0.717) is 6.54 Å². The van der Waals surface area contributed by atoms with Gasteiger partial charge in [-0.05, 0) is 25.2 Å². The topological polar surface area (TPSA) is 49.4 Å². The van der Waals surface area contributed by atoms with Crippen molar-refractivity contribution < 1.29 is 8.42 Å². The molecule has 1 aromatic carbocycles. The Morgan fingerprint density at radius 1 is 1.11 bits per heavy atom. The molecule has 0 atom stereocenters. The van der Waals surface area contributed by atoms with Gasteiger partial charge in [-0.2, -0.15) is 4.72 Å². The number of sulfonamides is 1. The zero-order chi connectivity index (χ0) is 14.1. The van der Waals surface area contributed by atoms with Crippen LogP contribution in [0.1, 0.15) is 13.8 Å². The van der Waals surface area contributed by atoms with E-state index in [-0.39, 0.29) is 11.4 Å². The maximum Gasteiger partial charge on any atom is 0.241 e. The summed E-state index contributed by atoms with van der Waals surface area (Å²) in [6.45, 7) is 6.84. The second kappa shape index (κ2) is 7.95. The summed E-state index contributed by atoms with van der Waals surface area (Å²) in [6.07, 6.45) is 0. The van der Waals surface area contributed by atoms with Gasteiger partial charge in [-0.3, -0.25) is 4.90 Å². The first-order valence-electron chi connectivity index (χ1n) is 6.33. The fraction of sp³-hybridized carbons (Fsp3) is 0.429. The zero-order valence-corrected chi connectivity index (χ0v) is 12.2. The first kappa shape index (κ1) is 15.7. The number of nitrogens with one attached hydrogen (secondary N) is 1. The Morgan fingerprint density at radius 3 is 2.32 bits per heavy atom. The Morgan fingerprint density at radius 2 is 1.74 bits per heavy atom. The van der Waals surface area contributed by atoms with Crippen LogP contribution in [0.25, 0.3) is 0 Å². The minimum Gasteiger partial charge on any atom is -0.293 e. The molecule has 0 unspecified atom stereocenters. The van der Waals surface area contributed by atoms with Gasteiger partial charge in [-0.25, -0.2) is 8.42 Å². The van der Waals surface area contributed by atoms with Crippen molar-refractivity contribution in [1.82, 2.24) is 9.62 Å². The van der Waals surface area contributed by atoms with Gasteiger partial charge in [0.15, 0.2) is 0 Å². The van der Waals surface area contributed by atoms with Crippen LogP contribution in [-0.2, 0) is 10.0 Å². The van der Waals surface area contributed by atoms with Gasteiger partial charge in [0.05, 0.1) is 18.0 Å². The second-order valence-electron chi connectivity index (χ2n) is 3.95. The molecule has 0 amide bonds. The molecule has 0 bridgehead atoms. The summed E-state index contributed by atoms with van der Waals surface area (Å²) in [5, 5.41) is 0. The van der Waals surface area contributed by atoms with E-state index >= 15 is 0 Å². The normalized spacial score (nSPS) is 11.1. The van der Waals surface area contributed by atoms with Crippen LogP contribution in [0.2, 0.25) is 0 Å². The SMILES string of the molecule is CCN(CC)CC#CCNS(=O)(=O)c1ccccc1. The highest BCUT2D eigenvalue weighted by molar-refractivity contribution is 7.89. The molecule has 1 aromatic rings. The van der Waals surface area contributed by atoms with Gasteiger partial charge in [0.2, 0.25) is 10.0 Å². The molecule has 0 heterocycles. The van der Waals surface area contributed by atoms with Crippen LogP contribution in [0, 0.1) is 11.8 Å². The summed E-state index contributed by atoms with van der Waals surface area (Å²) in [7, 11) is -3.44. The smallest absolute Gasteiger partial charge is 0.241 e. The Balaban J connectivity index is 2.48. The highest BCUT2D eigenvalue weighted by atomic mass is 32.2. The van der Waals surface area contributed by atoms with Gasteiger partial charge in [0.1, 0.15) is 0 Å². The highest BCUT2D eigenvalue weighted by Crippen LogP contribution is 2.06. The van der Waals surface area contributed by atoms with Crippen molar-refractivity contribution in [1.29, 1.82) is 0 Å². The molecule has 0 fully saturated rings. The Bertz CT molecular complexity index is 526. The van der Waals surface area contributed by atoms with E-state index in [1.807, 2.05) is 0 Å². The van der Waals surface area contributed by atoms with Gasteiger partial charge in [-0.1, -0.05) is 43.9 Å². The van der Waals surface area contributed by atoms with Crippen LogP contribution in [-0.4, -0.2) is 39.5 Å². The van der Waals surface area contributed by atoms with Crippen LogP contribution >= 0.6 is 0 Å².